The minimum Gasteiger partial charge on any atom is -0.392 e. The van der Waals surface area contributed by atoms with Gasteiger partial charge in [-0.05, 0) is 63.0 Å². The molecule has 0 radical (unpaired) electrons. The second-order valence-electron chi connectivity index (χ2n) is 7.76. The van der Waals surface area contributed by atoms with Crippen LogP contribution in [-0.2, 0) is 4.79 Å². The molecule has 0 aromatic heterocycles. The number of aliphatic hydroxyl groups is 1. The van der Waals surface area contributed by atoms with Gasteiger partial charge in [0.2, 0.25) is 5.91 Å². The first-order chi connectivity index (χ1) is 11.5. The molecule has 0 heterocycles. The number of carbonyl (C=O) groups is 1. The van der Waals surface area contributed by atoms with Crippen molar-refractivity contribution in [2.75, 3.05) is 18.0 Å². The first kappa shape index (κ1) is 17.3. The van der Waals surface area contributed by atoms with Crippen molar-refractivity contribution < 1.29 is 9.90 Å². The van der Waals surface area contributed by atoms with E-state index in [0.717, 1.165) is 17.5 Å². The van der Waals surface area contributed by atoms with E-state index >= 15 is 0 Å². The van der Waals surface area contributed by atoms with Crippen LogP contribution in [0.1, 0.15) is 39.5 Å². The topological polar surface area (TPSA) is 52.6 Å². The monoisotopic (exact) mass is 330 g/mol. The molecular formula is C20H30N2O2. The number of amides is 1. The van der Waals surface area contributed by atoms with Crippen molar-refractivity contribution in [2.45, 2.75) is 51.7 Å². The van der Waals surface area contributed by atoms with Gasteiger partial charge in [-0.1, -0.05) is 24.6 Å². The highest BCUT2D eigenvalue weighted by Gasteiger charge is 2.42. The van der Waals surface area contributed by atoms with Crippen molar-refractivity contribution in [3.8, 4) is 0 Å². The van der Waals surface area contributed by atoms with E-state index in [4.69, 9.17) is 0 Å². The normalized spacial score (nSPS) is 27.7. The lowest BCUT2D eigenvalue weighted by atomic mass is 9.84. The fraction of sp³-hybridized carbons (Fsp3) is 0.650. The van der Waals surface area contributed by atoms with Crippen LogP contribution >= 0.6 is 0 Å². The summed E-state index contributed by atoms with van der Waals surface area (Å²) in [5.41, 5.74) is 0.973. The van der Waals surface area contributed by atoms with Crippen LogP contribution in [0.2, 0.25) is 0 Å². The van der Waals surface area contributed by atoms with Crippen molar-refractivity contribution in [1.82, 2.24) is 5.32 Å². The summed E-state index contributed by atoms with van der Waals surface area (Å²) >= 11 is 0. The molecule has 3 rings (SSSR count). The molecule has 2 aliphatic carbocycles. The Morgan fingerprint density at radius 1 is 1.25 bits per heavy atom. The highest BCUT2D eigenvalue weighted by Crippen LogP contribution is 2.49. The van der Waals surface area contributed by atoms with Gasteiger partial charge in [0, 0.05) is 18.3 Å². The van der Waals surface area contributed by atoms with Gasteiger partial charge in [0.25, 0.3) is 0 Å². The molecule has 2 bridgehead atoms. The molecule has 24 heavy (non-hydrogen) atoms. The van der Waals surface area contributed by atoms with E-state index in [1.54, 1.807) is 6.92 Å². The molecular weight excluding hydrogens is 300 g/mol. The van der Waals surface area contributed by atoms with Crippen LogP contribution in [0.5, 0.6) is 0 Å². The van der Waals surface area contributed by atoms with Gasteiger partial charge in [-0.2, -0.15) is 0 Å². The van der Waals surface area contributed by atoms with Gasteiger partial charge < -0.3 is 15.3 Å². The average molecular weight is 330 g/mol. The Balaban J connectivity index is 1.57. The lowest BCUT2D eigenvalue weighted by Gasteiger charge is -2.30. The molecule has 5 atom stereocenters. The number of hydrogen-bond acceptors (Lipinski definition) is 3. The first-order valence-corrected chi connectivity index (χ1v) is 9.30. The summed E-state index contributed by atoms with van der Waals surface area (Å²) < 4.78 is 0. The standard InChI is InChI=1S/C20H30N2O2/c1-14(23)12-22(18-6-4-3-5-7-18)13-20(24)21-15(2)19-11-16-8-9-17(19)10-16/h3-7,14-17,19,23H,8-13H2,1-2H3,(H,21,24). The minimum atomic E-state index is -0.471. The van der Waals surface area contributed by atoms with Gasteiger partial charge in [-0.15, -0.1) is 0 Å². The molecule has 2 aliphatic rings. The van der Waals surface area contributed by atoms with E-state index in [9.17, 15) is 9.90 Å². The third-order valence-corrected chi connectivity index (χ3v) is 5.76. The van der Waals surface area contributed by atoms with E-state index in [2.05, 4.69) is 12.2 Å². The van der Waals surface area contributed by atoms with E-state index in [-0.39, 0.29) is 11.9 Å². The summed E-state index contributed by atoms with van der Waals surface area (Å²) in [6.45, 7) is 4.66. The summed E-state index contributed by atoms with van der Waals surface area (Å²) in [4.78, 5) is 14.5. The Morgan fingerprint density at radius 3 is 2.58 bits per heavy atom. The van der Waals surface area contributed by atoms with Crippen molar-refractivity contribution in [1.29, 1.82) is 0 Å². The fourth-order valence-electron chi connectivity index (χ4n) is 4.71. The molecule has 2 fully saturated rings. The number of hydrogen-bond donors (Lipinski definition) is 2. The smallest absolute Gasteiger partial charge is 0.239 e. The summed E-state index contributed by atoms with van der Waals surface area (Å²) in [6.07, 6.45) is 4.90. The first-order valence-electron chi connectivity index (χ1n) is 9.30. The summed E-state index contributed by atoms with van der Waals surface area (Å²) in [6, 6.07) is 10.1. The molecule has 4 nitrogen and oxygen atoms in total. The summed E-state index contributed by atoms with van der Waals surface area (Å²) in [7, 11) is 0. The van der Waals surface area contributed by atoms with Gasteiger partial charge >= 0.3 is 0 Å². The summed E-state index contributed by atoms with van der Waals surface area (Å²) in [5, 5.41) is 13.0. The zero-order chi connectivity index (χ0) is 17.1. The van der Waals surface area contributed by atoms with Crippen LogP contribution in [0.25, 0.3) is 0 Å². The van der Waals surface area contributed by atoms with Crippen LogP contribution < -0.4 is 10.2 Å². The molecule has 0 spiro atoms. The van der Waals surface area contributed by atoms with Crippen LogP contribution in [0.4, 0.5) is 5.69 Å². The Hall–Kier alpha value is -1.55. The molecule has 2 saturated carbocycles. The lowest BCUT2D eigenvalue weighted by Crippen LogP contribution is -2.46. The van der Waals surface area contributed by atoms with Crippen LogP contribution in [0.3, 0.4) is 0 Å². The highest BCUT2D eigenvalue weighted by atomic mass is 16.3. The number of nitrogens with one attached hydrogen (secondary N) is 1. The third-order valence-electron chi connectivity index (χ3n) is 5.76. The summed E-state index contributed by atoms with van der Waals surface area (Å²) in [5.74, 6) is 2.41. The maximum absolute atomic E-state index is 12.5. The third kappa shape index (κ3) is 4.10. The maximum Gasteiger partial charge on any atom is 0.239 e. The van der Waals surface area contributed by atoms with Crippen molar-refractivity contribution >= 4 is 11.6 Å². The van der Waals surface area contributed by atoms with Gasteiger partial charge in [0.05, 0.1) is 12.6 Å². The van der Waals surface area contributed by atoms with Crippen molar-refractivity contribution in [2.24, 2.45) is 17.8 Å². The molecule has 1 aromatic carbocycles. The van der Waals surface area contributed by atoms with E-state index in [1.165, 1.54) is 25.7 Å². The largest absolute Gasteiger partial charge is 0.392 e. The fourth-order valence-corrected chi connectivity index (χ4v) is 4.71. The molecule has 1 aromatic rings. The molecule has 4 heteroatoms. The number of aliphatic hydroxyl groups excluding tert-OH is 1. The van der Waals surface area contributed by atoms with Crippen LogP contribution in [0.15, 0.2) is 30.3 Å². The number of rotatable bonds is 7. The maximum atomic E-state index is 12.5. The van der Waals surface area contributed by atoms with Crippen molar-refractivity contribution in [3.63, 3.8) is 0 Å². The SMILES string of the molecule is CC(O)CN(CC(=O)NC(C)C1CC2CCC1C2)c1ccccc1. The molecule has 0 saturated heterocycles. The number of carbonyl (C=O) groups excluding carboxylic acids is 1. The number of nitrogens with zero attached hydrogens (tertiary/aromatic N) is 1. The lowest BCUT2D eigenvalue weighted by molar-refractivity contribution is -0.120. The zero-order valence-electron chi connectivity index (χ0n) is 14.8. The molecule has 5 unspecified atom stereocenters. The number of benzene rings is 1. The van der Waals surface area contributed by atoms with Crippen LogP contribution in [-0.4, -0.2) is 36.2 Å². The molecule has 0 aliphatic heterocycles. The zero-order valence-corrected chi connectivity index (χ0v) is 14.8. The van der Waals surface area contributed by atoms with E-state index in [1.807, 2.05) is 35.2 Å². The van der Waals surface area contributed by atoms with Gasteiger partial charge in [-0.3, -0.25) is 4.79 Å². The highest BCUT2D eigenvalue weighted by molar-refractivity contribution is 5.81. The quantitative estimate of drug-likeness (QED) is 0.808. The van der Waals surface area contributed by atoms with Gasteiger partial charge in [0.15, 0.2) is 0 Å². The predicted molar refractivity (Wildman–Crippen MR) is 96.9 cm³/mol. The minimum absolute atomic E-state index is 0.0507. The number of fused-ring (bicyclic) bond motifs is 2. The molecule has 132 valence electrons. The van der Waals surface area contributed by atoms with Crippen molar-refractivity contribution in [3.05, 3.63) is 30.3 Å². The Labute approximate surface area is 145 Å². The van der Waals surface area contributed by atoms with Crippen LogP contribution in [0, 0.1) is 17.8 Å². The number of para-hydroxylation sites is 1. The van der Waals surface area contributed by atoms with Gasteiger partial charge in [-0.25, -0.2) is 0 Å². The molecule has 2 N–H and O–H groups in total. The van der Waals surface area contributed by atoms with E-state index < -0.39 is 6.10 Å². The Bertz CT molecular complexity index is 546. The Kier molecular flexibility index (Phi) is 5.44. The predicted octanol–water partition coefficient (Wildman–Crippen LogP) is 2.81. The van der Waals surface area contributed by atoms with Gasteiger partial charge in [0.1, 0.15) is 0 Å². The number of anilines is 1. The average Bonchev–Trinajstić information content (AvgIpc) is 3.17. The second-order valence-corrected chi connectivity index (χ2v) is 7.76. The second kappa shape index (κ2) is 7.56. The Morgan fingerprint density at radius 2 is 2.00 bits per heavy atom. The van der Waals surface area contributed by atoms with E-state index in [0.29, 0.717) is 19.0 Å². The molecule has 1 amide bonds.